The number of nitrogens with one attached hydrogen (secondary N) is 1. The number of hydrogen-bond donors (Lipinski definition) is 1. The Morgan fingerprint density at radius 1 is 1.00 bits per heavy atom. The van der Waals surface area contributed by atoms with Gasteiger partial charge in [0, 0.05) is 13.6 Å². The van der Waals surface area contributed by atoms with Crippen LogP contribution < -0.4 is 14.8 Å². The molecule has 1 atom stereocenters. The first-order valence-electron chi connectivity index (χ1n) is 9.31. The van der Waals surface area contributed by atoms with Gasteiger partial charge < -0.3 is 19.7 Å². The number of carbonyl (C=O) groups excluding carboxylic acids is 1. The third-order valence-electron chi connectivity index (χ3n) is 4.89. The molecule has 3 aromatic carbocycles. The average molecular weight is 392 g/mol. The summed E-state index contributed by atoms with van der Waals surface area (Å²) in [5.74, 6) is 1.08. The molecular formula is C23H21FN2O3. The van der Waals surface area contributed by atoms with Crippen molar-refractivity contribution in [3.05, 3.63) is 95.3 Å². The molecule has 0 saturated heterocycles. The number of ether oxygens (including phenoxy) is 2. The normalized spacial score (nSPS) is 13.0. The van der Waals surface area contributed by atoms with Crippen molar-refractivity contribution in [1.82, 2.24) is 10.2 Å². The Balaban J connectivity index is 1.51. The van der Waals surface area contributed by atoms with Crippen molar-refractivity contribution in [1.29, 1.82) is 0 Å². The van der Waals surface area contributed by atoms with E-state index in [1.807, 2.05) is 48.5 Å². The van der Waals surface area contributed by atoms with Crippen LogP contribution in [0.15, 0.2) is 72.8 Å². The number of amides is 2. The number of rotatable bonds is 5. The molecular weight excluding hydrogens is 371 g/mol. The number of benzene rings is 3. The number of carbonyl (C=O) groups is 1. The first-order valence-corrected chi connectivity index (χ1v) is 9.31. The van der Waals surface area contributed by atoms with E-state index in [4.69, 9.17) is 9.47 Å². The van der Waals surface area contributed by atoms with Gasteiger partial charge in [0.25, 0.3) is 0 Å². The Hall–Kier alpha value is -3.54. The second-order valence-corrected chi connectivity index (χ2v) is 6.82. The van der Waals surface area contributed by atoms with Gasteiger partial charge in [0.2, 0.25) is 6.79 Å². The Bertz CT molecular complexity index is 993. The lowest BCUT2D eigenvalue weighted by atomic mass is 9.97. The van der Waals surface area contributed by atoms with E-state index in [-0.39, 0.29) is 24.7 Å². The molecule has 6 heteroatoms. The highest BCUT2D eigenvalue weighted by atomic mass is 19.1. The summed E-state index contributed by atoms with van der Waals surface area (Å²) >= 11 is 0. The minimum absolute atomic E-state index is 0.213. The molecule has 2 amide bonds. The van der Waals surface area contributed by atoms with E-state index in [9.17, 15) is 9.18 Å². The summed E-state index contributed by atoms with van der Waals surface area (Å²) in [7, 11) is 1.73. The van der Waals surface area contributed by atoms with Crippen molar-refractivity contribution in [2.24, 2.45) is 0 Å². The van der Waals surface area contributed by atoms with Crippen molar-refractivity contribution in [2.75, 3.05) is 13.8 Å². The molecule has 1 heterocycles. The third-order valence-corrected chi connectivity index (χ3v) is 4.89. The summed E-state index contributed by atoms with van der Waals surface area (Å²) in [5, 5.41) is 2.94. The quantitative estimate of drug-likeness (QED) is 0.696. The lowest BCUT2D eigenvalue weighted by Gasteiger charge is -2.29. The molecule has 0 aromatic heterocycles. The molecule has 0 aliphatic carbocycles. The monoisotopic (exact) mass is 392 g/mol. The van der Waals surface area contributed by atoms with Gasteiger partial charge in [0.15, 0.2) is 11.5 Å². The SMILES string of the molecule is CN(C(=O)NCc1ccc2c(c1)OCO2)C(c1ccccc1)c1ccc(F)cc1. The summed E-state index contributed by atoms with van der Waals surface area (Å²) in [6.45, 7) is 0.565. The number of urea groups is 1. The van der Waals surface area contributed by atoms with Crippen molar-refractivity contribution in [3.8, 4) is 11.5 Å². The van der Waals surface area contributed by atoms with Gasteiger partial charge in [0.1, 0.15) is 5.82 Å². The summed E-state index contributed by atoms with van der Waals surface area (Å²) in [5.41, 5.74) is 2.69. The fraction of sp³-hybridized carbons (Fsp3) is 0.174. The zero-order valence-electron chi connectivity index (χ0n) is 16.0. The fourth-order valence-corrected chi connectivity index (χ4v) is 3.39. The minimum Gasteiger partial charge on any atom is -0.454 e. The summed E-state index contributed by atoms with van der Waals surface area (Å²) in [6, 6.07) is 20.9. The maximum Gasteiger partial charge on any atom is 0.318 e. The molecule has 1 aliphatic heterocycles. The van der Waals surface area contributed by atoms with E-state index < -0.39 is 0 Å². The van der Waals surface area contributed by atoms with Gasteiger partial charge in [0.05, 0.1) is 6.04 Å². The van der Waals surface area contributed by atoms with E-state index >= 15 is 0 Å². The Morgan fingerprint density at radius 2 is 1.69 bits per heavy atom. The third kappa shape index (κ3) is 4.16. The van der Waals surface area contributed by atoms with Crippen LogP contribution in [0, 0.1) is 5.82 Å². The first kappa shape index (κ1) is 18.8. The van der Waals surface area contributed by atoms with E-state index in [2.05, 4.69) is 5.32 Å². The van der Waals surface area contributed by atoms with Crippen LogP contribution in [0.3, 0.4) is 0 Å². The molecule has 3 aromatic rings. The molecule has 0 radical (unpaired) electrons. The second-order valence-electron chi connectivity index (χ2n) is 6.82. The average Bonchev–Trinajstić information content (AvgIpc) is 3.22. The molecule has 148 valence electrons. The maximum absolute atomic E-state index is 13.4. The van der Waals surface area contributed by atoms with Crippen LogP contribution in [0.5, 0.6) is 11.5 Å². The number of fused-ring (bicyclic) bond motifs is 1. The molecule has 0 spiro atoms. The minimum atomic E-state index is -0.339. The second kappa shape index (κ2) is 8.22. The van der Waals surface area contributed by atoms with Crippen molar-refractivity contribution in [3.63, 3.8) is 0 Å². The first-order chi connectivity index (χ1) is 14.1. The molecule has 29 heavy (non-hydrogen) atoms. The van der Waals surface area contributed by atoms with Crippen LogP contribution in [0.4, 0.5) is 9.18 Å². The predicted molar refractivity (Wildman–Crippen MR) is 107 cm³/mol. The van der Waals surface area contributed by atoms with Crippen LogP contribution in [-0.4, -0.2) is 24.8 Å². The predicted octanol–water partition coefficient (Wildman–Crippen LogP) is 4.49. The molecule has 0 bridgehead atoms. The van der Waals surface area contributed by atoms with Crippen LogP contribution in [0.25, 0.3) is 0 Å². The smallest absolute Gasteiger partial charge is 0.318 e. The fourth-order valence-electron chi connectivity index (χ4n) is 3.39. The highest BCUT2D eigenvalue weighted by molar-refractivity contribution is 5.75. The Morgan fingerprint density at radius 3 is 2.45 bits per heavy atom. The number of halogens is 1. The van der Waals surface area contributed by atoms with Gasteiger partial charge in [-0.1, -0.05) is 48.5 Å². The maximum atomic E-state index is 13.4. The Labute approximate surface area is 168 Å². The van der Waals surface area contributed by atoms with Crippen LogP contribution in [0.2, 0.25) is 0 Å². The zero-order valence-corrected chi connectivity index (χ0v) is 16.0. The number of nitrogens with zero attached hydrogens (tertiary/aromatic N) is 1. The molecule has 5 nitrogen and oxygen atoms in total. The van der Waals surface area contributed by atoms with Gasteiger partial charge >= 0.3 is 6.03 Å². The van der Waals surface area contributed by atoms with Crippen molar-refractivity contribution in [2.45, 2.75) is 12.6 Å². The van der Waals surface area contributed by atoms with Gasteiger partial charge in [-0.2, -0.15) is 0 Å². The summed E-state index contributed by atoms with van der Waals surface area (Å²) in [6.07, 6.45) is 0. The number of hydrogen-bond acceptors (Lipinski definition) is 3. The van der Waals surface area contributed by atoms with E-state index in [0.717, 1.165) is 16.7 Å². The molecule has 0 saturated carbocycles. The Kier molecular flexibility index (Phi) is 5.33. The van der Waals surface area contributed by atoms with Gasteiger partial charge in [-0.05, 0) is 41.0 Å². The molecule has 1 N–H and O–H groups in total. The molecule has 4 rings (SSSR count). The van der Waals surface area contributed by atoms with Gasteiger partial charge in [-0.3, -0.25) is 0 Å². The summed E-state index contributed by atoms with van der Waals surface area (Å²) in [4.78, 5) is 14.5. The lowest BCUT2D eigenvalue weighted by molar-refractivity contribution is 0.174. The highest BCUT2D eigenvalue weighted by Crippen LogP contribution is 2.32. The molecule has 1 unspecified atom stereocenters. The largest absolute Gasteiger partial charge is 0.454 e. The van der Waals surface area contributed by atoms with Gasteiger partial charge in [-0.15, -0.1) is 0 Å². The lowest BCUT2D eigenvalue weighted by Crippen LogP contribution is -2.39. The van der Waals surface area contributed by atoms with Crippen molar-refractivity contribution >= 4 is 6.03 Å². The molecule has 1 aliphatic rings. The van der Waals surface area contributed by atoms with Crippen LogP contribution in [-0.2, 0) is 6.54 Å². The topological polar surface area (TPSA) is 50.8 Å². The van der Waals surface area contributed by atoms with E-state index in [1.54, 1.807) is 24.1 Å². The zero-order chi connectivity index (χ0) is 20.2. The van der Waals surface area contributed by atoms with Gasteiger partial charge in [-0.25, -0.2) is 9.18 Å². The summed E-state index contributed by atoms with van der Waals surface area (Å²) < 4.78 is 24.1. The highest BCUT2D eigenvalue weighted by Gasteiger charge is 2.23. The van der Waals surface area contributed by atoms with E-state index in [1.165, 1.54) is 12.1 Å². The van der Waals surface area contributed by atoms with Crippen molar-refractivity contribution < 1.29 is 18.7 Å². The van der Waals surface area contributed by atoms with Crippen LogP contribution >= 0.6 is 0 Å². The molecule has 0 fully saturated rings. The standard InChI is InChI=1S/C23H21FN2O3/c1-26(23(27)25-14-16-7-12-20-21(13-16)29-15-28-20)22(17-5-3-2-4-6-17)18-8-10-19(24)11-9-18/h2-13,22H,14-15H2,1H3,(H,25,27). The van der Waals surface area contributed by atoms with E-state index in [0.29, 0.717) is 18.0 Å². The van der Waals surface area contributed by atoms with Crippen LogP contribution in [0.1, 0.15) is 22.7 Å².